The zero-order chi connectivity index (χ0) is 31.7. The van der Waals surface area contributed by atoms with Gasteiger partial charge >= 0.3 is 0 Å². The number of ether oxygens (including phenoxy) is 2. The van der Waals surface area contributed by atoms with E-state index in [1.165, 1.54) is 12.1 Å². The normalized spacial score (nSPS) is 12.2. The van der Waals surface area contributed by atoms with Gasteiger partial charge in [0, 0.05) is 11.1 Å². The highest BCUT2D eigenvalue weighted by Gasteiger charge is 2.22. The van der Waals surface area contributed by atoms with Gasteiger partial charge in [-0.25, -0.2) is 0 Å². The molecule has 0 spiro atoms. The Bertz CT molecular complexity index is 1660. The van der Waals surface area contributed by atoms with E-state index in [4.69, 9.17) is 9.47 Å². The summed E-state index contributed by atoms with van der Waals surface area (Å²) in [5.74, 6) is 0.450. The largest absolute Gasteiger partial charge is 0.492 e. The van der Waals surface area contributed by atoms with Crippen LogP contribution in [-0.4, -0.2) is 39.2 Å². The molecule has 4 aromatic rings. The Morgan fingerprint density at radius 2 is 0.841 bits per heavy atom. The summed E-state index contributed by atoms with van der Waals surface area (Å²) in [6.07, 6.45) is 10.2. The van der Waals surface area contributed by atoms with Crippen LogP contribution in [0.25, 0.3) is 21.5 Å². The fourth-order valence-corrected chi connectivity index (χ4v) is 7.11. The molecule has 8 nitrogen and oxygen atoms in total. The first-order valence-electron chi connectivity index (χ1n) is 15.2. The van der Waals surface area contributed by atoms with Crippen molar-refractivity contribution >= 4 is 41.8 Å². The zero-order valence-corrected chi connectivity index (χ0v) is 27.1. The number of rotatable bonds is 17. The second kappa shape index (κ2) is 15.2. The summed E-state index contributed by atoms with van der Waals surface area (Å²) in [7, 11) is -8.81. The predicted octanol–water partition coefficient (Wildman–Crippen LogP) is 8.46. The molecule has 10 heteroatoms. The van der Waals surface area contributed by atoms with Crippen LogP contribution in [-0.2, 0) is 20.2 Å². The monoisotopic (exact) mass is 642 g/mol. The van der Waals surface area contributed by atoms with E-state index in [1.54, 1.807) is 0 Å². The standard InChI is InChI=1S/C34H42O8S2/c1-25-29-19-13-11-17-27(29)23-31(43(35,36)37)33(25)41-21-15-9-7-5-3-4-6-8-10-16-22-42-34-26(2)30-20-14-12-18-28(30)24-32(34)44(38,39)40/h11-14,17-20,23-24H,3-10,15-16,21-22H2,1-2H3,(H,35,36,37)(H,38,39,40). The minimum absolute atomic E-state index is 0.188. The van der Waals surface area contributed by atoms with E-state index in [0.717, 1.165) is 85.8 Å². The lowest BCUT2D eigenvalue weighted by atomic mass is 10.0. The van der Waals surface area contributed by atoms with Crippen LogP contribution in [0.15, 0.2) is 70.5 Å². The van der Waals surface area contributed by atoms with Gasteiger partial charge in [-0.05, 0) is 60.4 Å². The Morgan fingerprint density at radius 1 is 0.523 bits per heavy atom. The Labute approximate surface area is 260 Å². The van der Waals surface area contributed by atoms with Gasteiger partial charge in [0.2, 0.25) is 0 Å². The lowest BCUT2D eigenvalue weighted by Gasteiger charge is -2.15. The van der Waals surface area contributed by atoms with E-state index in [2.05, 4.69) is 0 Å². The number of hydrogen-bond donors (Lipinski definition) is 2. The number of benzene rings is 4. The van der Waals surface area contributed by atoms with Crippen LogP contribution in [0.5, 0.6) is 11.5 Å². The van der Waals surface area contributed by atoms with Crippen molar-refractivity contribution in [2.24, 2.45) is 0 Å². The molecule has 0 aliphatic rings. The van der Waals surface area contributed by atoms with Crippen molar-refractivity contribution in [3.05, 3.63) is 71.8 Å². The van der Waals surface area contributed by atoms with Crippen molar-refractivity contribution in [2.75, 3.05) is 13.2 Å². The molecule has 0 atom stereocenters. The topological polar surface area (TPSA) is 127 Å². The maximum atomic E-state index is 12.0. The molecule has 0 radical (unpaired) electrons. The van der Waals surface area contributed by atoms with Gasteiger partial charge in [-0.1, -0.05) is 99.9 Å². The molecular formula is C34H42O8S2. The van der Waals surface area contributed by atoms with Crippen LogP contribution in [0.2, 0.25) is 0 Å². The molecule has 0 fully saturated rings. The highest BCUT2D eigenvalue weighted by molar-refractivity contribution is 7.86. The first kappa shape index (κ1) is 33.7. The van der Waals surface area contributed by atoms with Gasteiger partial charge in [0.1, 0.15) is 21.3 Å². The van der Waals surface area contributed by atoms with Gasteiger partial charge in [-0.3, -0.25) is 9.11 Å². The van der Waals surface area contributed by atoms with Gasteiger partial charge in [-0.15, -0.1) is 0 Å². The molecule has 0 unspecified atom stereocenters. The van der Waals surface area contributed by atoms with Crippen molar-refractivity contribution in [1.82, 2.24) is 0 Å². The molecule has 2 N–H and O–H groups in total. The number of unbranched alkanes of at least 4 members (excludes halogenated alkanes) is 9. The molecule has 0 amide bonds. The number of aryl methyl sites for hydroxylation is 2. The SMILES string of the molecule is Cc1c(OCCCCCCCCCCCCOc2c(S(=O)(=O)O)cc3ccccc3c2C)c(S(=O)(=O)O)cc2ccccc12. The average molecular weight is 643 g/mol. The fourth-order valence-electron chi connectivity index (χ4n) is 5.67. The van der Waals surface area contributed by atoms with Gasteiger partial charge in [0.05, 0.1) is 13.2 Å². The van der Waals surface area contributed by atoms with E-state index in [9.17, 15) is 25.9 Å². The van der Waals surface area contributed by atoms with E-state index in [1.807, 2.05) is 62.4 Å². The zero-order valence-electron chi connectivity index (χ0n) is 25.4. The first-order chi connectivity index (χ1) is 21.0. The lowest BCUT2D eigenvalue weighted by Crippen LogP contribution is -2.07. The molecule has 0 saturated heterocycles. The Hall–Kier alpha value is -3.18. The molecule has 0 heterocycles. The molecule has 44 heavy (non-hydrogen) atoms. The summed E-state index contributed by atoms with van der Waals surface area (Å²) in [5.41, 5.74) is 1.41. The third-order valence-electron chi connectivity index (χ3n) is 8.02. The molecule has 0 aliphatic carbocycles. The van der Waals surface area contributed by atoms with Crippen LogP contribution in [0, 0.1) is 13.8 Å². The quantitative estimate of drug-likeness (QED) is 0.0867. The second-order valence-corrected chi connectivity index (χ2v) is 14.1. The van der Waals surface area contributed by atoms with Gasteiger partial charge in [0.25, 0.3) is 20.2 Å². The van der Waals surface area contributed by atoms with Gasteiger partial charge < -0.3 is 9.47 Å². The minimum Gasteiger partial charge on any atom is -0.492 e. The van der Waals surface area contributed by atoms with Crippen LogP contribution in [0.3, 0.4) is 0 Å². The summed E-state index contributed by atoms with van der Waals surface area (Å²) >= 11 is 0. The molecule has 0 aliphatic heterocycles. The van der Waals surface area contributed by atoms with Crippen molar-refractivity contribution in [1.29, 1.82) is 0 Å². The van der Waals surface area contributed by atoms with Gasteiger partial charge in [-0.2, -0.15) is 16.8 Å². The third kappa shape index (κ3) is 8.72. The molecule has 0 saturated carbocycles. The summed E-state index contributed by atoms with van der Waals surface area (Å²) in [6, 6.07) is 17.8. The minimum atomic E-state index is -4.41. The average Bonchev–Trinajstić information content (AvgIpc) is 2.98. The maximum Gasteiger partial charge on any atom is 0.298 e. The highest BCUT2D eigenvalue weighted by atomic mass is 32.2. The number of fused-ring (bicyclic) bond motifs is 2. The van der Waals surface area contributed by atoms with Gasteiger partial charge in [0.15, 0.2) is 0 Å². The van der Waals surface area contributed by atoms with Crippen molar-refractivity contribution in [3.8, 4) is 11.5 Å². The van der Waals surface area contributed by atoms with E-state index >= 15 is 0 Å². The second-order valence-electron chi connectivity index (χ2n) is 11.3. The van der Waals surface area contributed by atoms with Crippen LogP contribution >= 0.6 is 0 Å². The highest BCUT2D eigenvalue weighted by Crippen LogP contribution is 2.36. The molecular weight excluding hydrogens is 601 g/mol. The molecule has 4 aromatic carbocycles. The molecule has 0 aromatic heterocycles. The Morgan fingerprint density at radius 3 is 1.18 bits per heavy atom. The molecule has 0 bridgehead atoms. The van der Waals surface area contributed by atoms with Crippen molar-refractivity contribution < 1.29 is 35.4 Å². The van der Waals surface area contributed by atoms with E-state index in [-0.39, 0.29) is 21.3 Å². The van der Waals surface area contributed by atoms with E-state index < -0.39 is 20.2 Å². The Balaban J connectivity index is 1.10. The summed E-state index contributed by atoms with van der Waals surface area (Å²) in [4.78, 5) is -0.376. The van der Waals surface area contributed by atoms with E-state index in [0.29, 0.717) is 24.3 Å². The van der Waals surface area contributed by atoms with Crippen LogP contribution < -0.4 is 9.47 Å². The first-order valence-corrected chi connectivity index (χ1v) is 18.1. The van der Waals surface area contributed by atoms with Crippen LogP contribution in [0.4, 0.5) is 0 Å². The van der Waals surface area contributed by atoms with Crippen LogP contribution in [0.1, 0.15) is 75.3 Å². The summed E-state index contributed by atoms with van der Waals surface area (Å²) in [6.45, 7) is 4.39. The third-order valence-corrected chi connectivity index (χ3v) is 9.74. The Kier molecular flexibility index (Phi) is 11.6. The lowest BCUT2D eigenvalue weighted by molar-refractivity contribution is 0.293. The van der Waals surface area contributed by atoms with Crippen molar-refractivity contribution in [3.63, 3.8) is 0 Å². The predicted molar refractivity (Wildman–Crippen MR) is 174 cm³/mol. The maximum absolute atomic E-state index is 12.0. The summed E-state index contributed by atoms with van der Waals surface area (Å²) in [5, 5.41) is 3.27. The fraction of sp³-hybridized carbons (Fsp3) is 0.412. The summed E-state index contributed by atoms with van der Waals surface area (Å²) < 4.78 is 79.2. The molecule has 4 rings (SSSR count). The molecule has 238 valence electrons. The van der Waals surface area contributed by atoms with Crippen molar-refractivity contribution in [2.45, 2.75) is 87.8 Å². The smallest absolute Gasteiger partial charge is 0.298 e. The number of hydrogen-bond acceptors (Lipinski definition) is 6.